The van der Waals surface area contributed by atoms with Crippen LogP contribution in [0.5, 0.6) is 0 Å². The number of nitrogens with zero attached hydrogens (tertiary/aromatic N) is 4. The number of carbonyl (C=O) groups excluding carboxylic acids is 1. The number of carboxylic acid groups (broad SMARTS) is 1. The van der Waals surface area contributed by atoms with Gasteiger partial charge in [0.25, 0.3) is 0 Å². The molecule has 1 N–H and O–H groups in total. The molecule has 0 aliphatic heterocycles. The van der Waals surface area contributed by atoms with Gasteiger partial charge in [0.2, 0.25) is 0 Å². The molecule has 0 aromatic carbocycles. The van der Waals surface area contributed by atoms with Gasteiger partial charge in [0.05, 0.1) is 12.1 Å². The van der Waals surface area contributed by atoms with Gasteiger partial charge in [-0.3, -0.25) is 9.59 Å². The van der Waals surface area contributed by atoms with Gasteiger partial charge < -0.3 is 14.6 Å². The molecule has 0 aliphatic carbocycles. The van der Waals surface area contributed by atoms with Gasteiger partial charge in [-0.1, -0.05) is 0 Å². The molecule has 138 valence electrons. The lowest BCUT2D eigenvalue weighted by Crippen LogP contribution is -2.26. The van der Waals surface area contributed by atoms with Gasteiger partial charge in [0, 0.05) is 19.4 Å². The molecule has 0 bridgehead atoms. The summed E-state index contributed by atoms with van der Waals surface area (Å²) in [6.07, 6.45) is -0.971. The van der Waals surface area contributed by atoms with Crippen molar-refractivity contribution in [1.82, 2.24) is 0 Å². The molecule has 3 unspecified atom stereocenters. The van der Waals surface area contributed by atoms with E-state index in [9.17, 15) is 14.9 Å². The predicted octanol–water partition coefficient (Wildman–Crippen LogP) is 2.57. The maximum Gasteiger partial charge on any atom is 0.308 e. The van der Waals surface area contributed by atoms with E-state index in [2.05, 4.69) is 10.2 Å². The molecule has 0 spiro atoms. The first-order chi connectivity index (χ1) is 11.6. The number of azo groups is 1. The highest BCUT2D eigenvalue weighted by atomic mass is 16.7. The molecule has 0 amide bonds. The standard InChI is InChI=1S/C16H24N4O5/c1-5-24-12(2)25-14(23)7-9-16(4,11-18)20-19-15(3,10-17)8-6-13(21)22/h12H,5-9H2,1-4H3,(H,21,22). The van der Waals surface area contributed by atoms with Crippen LogP contribution in [0.1, 0.15) is 53.4 Å². The summed E-state index contributed by atoms with van der Waals surface area (Å²) in [5.41, 5.74) is -2.67. The van der Waals surface area contributed by atoms with Crippen molar-refractivity contribution in [3.8, 4) is 12.1 Å². The molecule has 0 aromatic rings. The molecule has 0 aliphatic rings. The highest BCUT2D eigenvalue weighted by Gasteiger charge is 2.29. The third-order valence-corrected chi connectivity index (χ3v) is 3.31. The summed E-state index contributed by atoms with van der Waals surface area (Å²) >= 11 is 0. The number of nitriles is 2. The molecular weight excluding hydrogens is 328 g/mol. The van der Waals surface area contributed by atoms with Crippen molar-refractivity contribution < 1.29 is 24.2 Å². The second kappa shape index (κ2) is 10.4. The number of ether oxygens (including phenoxy) is 2. The first-order valence-electron chi connectivity index (χ1n) is 7.89. The quantitative estimate of drug-likeness (QED) is 0.341. The Morgan fingerprint density at radius 1 is 1.12 bits per heavy atom. The number of hydrogen-bond donors (Lipinski definition) is 1. The lowest BCUT2D eigenvalue weighted by Gasteiger charge is -2.19. The van der Waals surface area contributed by atoms with E-state index in [4.69, 9.17) is 19.8 Å². The molecule has 0 heterocycles. The fourth-order valence-corrected chi connectivity index (χ4v) is 1.69. The van der Waals surface area contributed by atoms with Crippen LogP contribution in [0.2, 0.25) is 0 Å². The molecule has 0 fully saturated rings. The largest absolute Gasteiger partial charge is 0.481 e. The number of aliphatic carboxylic acids is 1. The van der Waals surface area contributed by atoms with Gasteiger partial charge in [-0.05, 0) is 40.5 Å². The minimum Gasteiger partial charge on any atom is -0.481 e. The van der Waals surface area contributed by atoms with Crippen LogP contribution in [-0.4, -0.2) is 41.0 Å². The Morgan fingerprint density at radius 3 is 2.00 bits per heavy atom. The normalized spacial score (nSPS) is 16.9. The Kier molecular flexibility index (Phi) is 9.32. The Hall–Kier alpha value is -2.52. The van der Waals surface area contributed by atoms with E-state index in [1.54, 1.807) is 13.8 Å². The SMILES string of the molecule is CCOC(C)OC(=O)CCC(C)(C#N)N=NC(C)(C#N)CCC(=O)O. The van der Waals surface area contributed by atoms with Crippen molar-refractivity contribution in [1.29, 1.82) is 10.5 Å². The molecule has 0 rings (SSSR count). The Balaban J connectivity index is 4.82. The predicted molar refractivity (Wildman–Crippen MR) is 86.2 cm³/mol. The van der Waals surface area contributed by atoms with E-state index >= 15 is 0 Å². The van der Waals surface area contributed by atoms with Crippen molar-refractivity contribution >= 4 is 11.9 Å². The van der Waals surface area contributed by atoms with Crippen LogP contribution in [0.25, 0.3) is 0 Å². The third kappa shape index (κ3) is 9.38. The first kappa shape index (κ1) is 22.5. The van der Waals surface area contributed by atoms with Gasteiger partial charge in [-0.25, -0.2) is 0 Å². The van der Waals surface area contributed by atoms with Gasteiger partial charge in [0.1, 0.15) is 0 Å². The van der Waals surface area contributed by atoms with Gasteiger partial charge >= 0.3 is 11.9 Å². The second-order valence-electron chi connectivity index (χ2n) is 5.88. The van der Waals surface area contributed by atoms with Gasteiger partial charge in [-0.2, -0.15) is 20.8 Å². The van der Waals surface area contributed by atoms with Crippen LogP contribution in [-0.2, 0) is 19.1 Å². The number of rotatable bonds is 11. The van der Waals surface area contributed by atoms with Crippen molar-refractivity contribution in [2.24, 2.45) is 10.2 Å². The highest BCUT2D eigenvalue weighted by Crippen LogP contribution is 2.23. The minimum atomic E-state index is -1.35. The molecule has 0 aromatic heterocycles. The molecule has 9 nitrogen and oxygen atoms in total. The van der Waals surface area contributed by atoms with Crippen LogP contribution in [0.15, 0.2) is 10.2 Å². The molecule has 25 heavy (non-hydrogen) atoms. The van der Waals surface area contributed by atoms with Crippen molar-refractivity contribution in [3.63, 3.8) is 0 Å². The second-order valence-corrected chi connectivity index (χ2v) is 5.88. The summed E-state index contributed by atoms with van der Waals surface area (Å²) in [5.74, 6) is -1.59. The maximum atomic E-state index is 11.7. The molecular formula is C16H24N4O5. The van der Waals surface area contributed by atoms with Crippen molar-refractivity contribution in [2.45, 2.75) is 70.7 Å². The van der Waals surface area contributed by atoms with Crippen molar-refractivity contribution in [3.05, 3.63) is 0 Å². The lowest BCUT2D eigenvalue weighted by molar-refractivity contribution is -0.174. The highest BCUT2D eigenvalue weighted by molar-refractivity contribution is 5.69. The summed E-state index contributed by atoms with van der Waals surface area (Å²) in [6, 6.07) is 3.84. The zero-order chi connectivity index (χ0) is 19.5. The van der Waals surface area contributed by atoms with Crippen molar-refractivity contribution in [2.75, 3.05) is 6.61 Å². The summed E-state index contributed by atoms with van der Waals surface area (Å²) < 4.78 is 10.1. The smallest absolute Gasteiger partial charge is 0.308 e. The molecule has 0 saturated heterocycles. The van der Waals surface area contributed by atoms with E-state index in [1.807, 2.05) is 12.1 Å². The Bertz CT molecular complexity index is 580. The fraction of sp³-hybridized carbons (Fsp3) is 0.750. The third-order valence-electron chi connectivity index (χ3n) is 3.31. The summed E-state index contributed by atoms with van der Waals surface area (Å²) in [7, 11) is 0. The first-order valence-corrected chi connectivity index (χ1v) is 7.89. The van der Waals surface area contributed by atoms with Gasteiger partial charge in [0.15, 0.2) is 17.4 Å². The zero-order valence-corrected chi connectivity index (χ0v) is 15.0. The molecule has 9 heteroatoms. The van der Waals surface area contributed by atoms with Crippen LogP contribution >= 0.6 is 0 Å². The zero-order valence-electron chi connectivity index (χ0n) is 15.0. The van der Waals surface area contributed by atoms with E-state index in [0.29, 0.717) is 6.61 Å². The van der Waals surface area contributed by atoms with E-state index in [1.165, 1.54) is 13.8 Å². The molecule has 0 radical (unpaired) electrons. The number of carboxylic acids is 1. The average Bonchev–Trinajstić information content (AvgIpc) is 2.56. The van der Waals surface area contributed by atoms with Gasteiger partial charge in [-0.15, -0.1) is 0 Å². The summed E-state index contributed by atoms with van der Waals surface area (Å²) in [6.45, 7) is 6.68. The van der Waals surface area contributed by atoms with Crippen LogP contribution in [0.4, 0.5) is 0 Å². The van der Waals surface area contributed by atoms with E-state index < -0.39 is 29.3 Å². The summed E-state index contributed by atoms with van der Waals surface area (Å²) in [4.78, 5) is 22.4. The minimum absolute atomic E-state index is 0.0300. The number of esters is 1. The molecule has 3 atom stereocenters. The summed E-state index contributed by atoms with van der Waals surface area (Å²) in [5, 5.41) is 34.9. The van der Waals surface area contributed by atoms with E-state index in [-0.39, 0.29) is 25.7 Å². The van der Waals surface area contributed by atoms with Crippen LogP contribution in [0, 0.1) is 22.7 Å². The van der Waals surface area contributed by atoms with Crippen LogP contribution in [0.3, 0.4) is 0 Å². The van der Waals surface area contributed by atoms with Crippen LogP contribution < -0.4 is 0 Å². The monoisotopic (exact) mass is 352 g/mol. The molecule has 0 saturated carbocycles. The maximum absolute atomic E-state index is 11.7. The Morgan fingerprint density at radius 2 is 1.60 bits per heavy atom. The number of carbonyl (C=O) groups is 2. The number of hydrogen-bond acceptors (Lipinski definition) is 8. The topological polar surface area (TPSA) is 145 Å². The fourth-order valence-electron chi connectivity index (χ4n) is 1.69. The van der Waals surface area contributed by atoms with E-state index in [0.717, 1.165) is 0 Å². The average molecular weight is 352 g/mol. The Labute approximate surface area is 147 Å². The lowest BCUT2D eigenvalue weighted by atomic mass is 9.97.